The lowest BCUT2D eigenvalue weighted by atomic mass is 9.54. The summed E-state index contributed by atoms with van der Waals surface area (Å²) in [5, 5.41) is 135. The number of nitrogens with one attached hydrogen (secondary N) is 11. The van der Waals surface area contributed by atoms with Gasteiger partial charge in [-0.05, 0) is 195 Å². The molecule has 10 aliphatic rings. The van der Waals surface area contributed by atoms with Gasteiger partial charge >= 0.3 is 0 Å². The van der Waals surface area contributed by atoms with E-state index in [2.05, 4.69) is 58.5 Å². The Hall–Kier alpha value is -11.0. The summed E-state index contributed by atoms with van der Waals surface area (Å²) in [5.41, 5.74) is -2.06. The summed E-state index contributed by atoms with van der Waals surface area (Å²) < 4.78 is 37.7. The number of halogens is 1. The minimum atomic E-state index is -2.38. The maximum atomic E-state index is 16.6. The van der Waals surface area contributed by atoms with Crippen LogP contribution in [0.3, 0.4) is 0 Å². The lowest BCUT2D eigenvalue weighted by Crippen LogP contribution is -2.60. The number of carbonyl (C=O) groups excluding carboxylic acids is 9. The molecule has 6 aliphatic heterocycles. The number of phenolic OH excluding ortho intramolecular Hbond substituents is 3. The van der Waals surface area contributed by atoms with Crippen molar-refractivity contribution in [1.29, 1.82) is 0 Å². The average Bonchev–Trinajstić information content (AvgIpc) is 0.758. The van der Waals surface area contributed by atoms with Crippen LogP contribution >= 0.6 is 11.6 Å². The normalized spacial score (nSPS) is 27.1. The zero-order valence-electron chi connectivity index (χ0n) is 67.2. The molecule has 6 heterocycles. The molecular weight excluding hydrogens is 1590 g/mol. The first kappa shape index (κ1) is 87.8. The highest BCUT2D eigenvalue weighted by Gasteiger charge is 2.51. The van der Waals surface area contributed by atoms with Crippen molar-refractivity contribution in [3.05, 3.63) is 141 Å². The molecule has 16 rings (SSSR count). The molecule has 6 aromatic carbocycles. The van der Waals surface area contributed by atoms with E-state index in [1.807, 2.05) is 27.7 Å². The van der Waals surface area contributed by atoms with Gasteiger partial charge in [0.15, 0.2) is 11.5 Å². The summed E-state index contributed by atoms with van der Waals surface area (Å²) >= 11 is 7.20. The topological polar surface area (TPSA) is 523 Å². The highest BCUT2D eigenvalue weighted by atomic mass is 35.5. The lowest BCUT2D eigenvalue weighted by Gasteiger charge is -2.54. The van der Waals surface area contributed by atoms with E-state index < -0.39 is 191 Å². The smallest absolute Gasteiger partial charge is 0.258 e. The van der Waals surface area contributed by atoms with Gasteiger partial charge in [-0.3, -0.25) is 48.5 Å². The number of likely N-dealkylation sites (N-methyl/N-ethyl adjacent to an activating group) is 3. The predicted octanol–water partition coefficient (Wildman–Crippen LogP) is 2.83. The Balaban J connectivity index is 0.990. The second-order valence-electron chi connectivity index (χ2n) is 32.1. The van der Waals surface area contributed by atoms with Gasteiger partial charge in [0, 0.05) is 48.0 Å². The van der Waals surface area contributed by atoms with E-state index in [1.165, 1.54) is 62.5 Å². The standard InChI is InChI=1S/C85H102ClN11O24/c1-7-88-15-17-116-49-26-47(27-50(34-49)117-18-16-89-8-2)77(108)91-63(102)35-55-79(110)93-67-46-30-60(118-58-13-10-42(20-38(58)5)71(103)69(83(114)90-55)96-78(109)54(87-6)19-37(3)4)76(121-85-75(107)74(106)73(105)62(36-98)120-85)61(31-46)119-59-14-11-43(29-53(59)86)72(104)70-84(115)95-68(82(113)92-65-44-22-39-21-40(24-44)25-45(65)23-39)52-32-48(99)33-57(101)64(52)51-28-41(9-12-56(51)100)66(80(111)97-70)94-81(67)112/h9-14,20,26-34,37,39-40,44-45,54-55,62,65-75,85,87-89,98-101,103-107H,7-8,15-19,21-25,35-36H2,1-6H3,(H,90,114)(H,92,113)(H,93,110)(H,94,112)(H,95,115)(H,96,109)(H,97,111)(H,91,102,108)/t39?,40?,44?,45?,54-,55+,62-,65?,66-,67-,68+,69-,70+,71-,72-,73-,74+,75-,85+/m1/s1. The molecule has 1 saturated heterocycles. The van der Waals surface area contributed by atoms with Gasteiger partial charge in [0.2, 0.25) is 59.3 Å². The number of fused-ring (bicyclic) bond motifs is 15. The van der Waals surface area contributed by atoms with Crippen molar-refractivity contribution in [2.24, 2.45) is 29.6 Å². The molecular formula is C85H102ClN11O24. The number of hydrogen-bond acceptors (Lipinski definition) is 27. The first-order chi connectivity index (χ1) is 57.9. The van der Waals surface area contributed by atoms with Crippen molar-refractivity contribution < 1.29 is 118 Å². The zero-order valence-corrected chi connectivity index (χ0v) is 68.0. The zero-order chi connectivity index (χ0) is 86.5. The van der Waals surface area contributed by atoms with E-state index in [4.69, 9.17) is 40.0 Å². The fourth-order valence-electron chi connectivity index (χ4n) is 17.3. The van der Waals surface area contributed by atoms with Crippen LogP contribution in [0.1, 0.15) is 147 Å². The van der Waals surface area contributed by atoms with Crippen LogP contribution in [0.4, 0.5) is 0 Å². The number of aromatic hydroxyl groups is 3. The van der Waals surface area contributed by atoms with Crippen LogP contribution < -0.4 is 82.2 Å². The van der Waals surface area contributed by atoms with Crippen molar-refractivity contribution in [3.8, 4) is 68.6 Å². The van der Waals surface area contributed by atoms with E-state index in [0.717, 1.165) is 80.6 Å². The molecule has 648 valence electrons. The van der Waals surface area contributed by atoms with Crippen molar-refractivity contribution in [3.63, 3.8) is 0 Å². The first-order valence-electron chi connectivity index (χ1n) is 40.5. The summed E-state index contributed by atoms with van der Waals surface area (Å²) in [5.74, 6) is -13.8. The minimum absolute atomic E-state index is 0.0593. The molecule has 6 aromatic rings. The van der Waals surface area contributed by atoms with Gasteiger partial charge in [-0.1, -0.05) is 57.5 Å². The van der Waals surface area contributed by atoms with E-state index in [1.54, 1.807) is 0 Å². The molecule has 0 radical (unpaired) electrons. The van der Waals surface area contributed by atoms with Gasteiger partial charge < -0.3 is 128 Å². The van der Waals surface area contributed by atoms with Crippen LogP contribution in [0.15, 0.2) is 97.1 Å². The third-order valence-corrected chi connectivity index (χ3v) is 23.5. The average molecular weight is 1700 g/mol. The molecule has 4 saturated carbocycles. The third kappa shape index (κ3) is 19.7. The number of hydrogen-bond donors (Lipinski definition) is 20. The van der Waals surface area contributed by atoms with Crippen molar-refractivity contribution >= 4 is 64.8 Å². The number of phenols is 3. The molecule has 15 bridgehead atoms. The highest BCUT2D eigenvalue weighted by molar-refractivity contribution is 6.32. The van der Waals surface area contributed by atoms with Crippen LogP contribution in [-0.2, 0) is 43.1 Å². The van der Waals surface area contributed by atoms with Crippen LogP contribution in [0, 0.1) is 36.5 Å². The number of ether oxygens (including phenoxy) is 6. The summed E-state index contributed by atoms with van der Waals surface area (Å²) in [7, 11) is 1.49. The van der Waals surface area contributed by atoms with E-state index >= 15 is 28.8 Å². The van der Waals surface area contributed by atoms with Crippen LogP contribution in [0.25, 0.3) is 11.1 Å². The number of aliphatic hydroxyl groups excluding tert-OH is 6. The Kier molecular flexibility index (Phi) is 27.6. The molecule has 4 aliphatic carbocycles. The fourth-order valence-corrected chi connectivity index (χ4v) is 17.5. The molecule has 20 N–H and O–H groups in total. The number of aliphatic hydroxyl groups is 6. The van der Waals surface area contributed by atoms with Crippen LogP contribution in [0.2, 0.25) is 5.02 Å². The number of benzene rings is 6. The Morgan fingerprint density at radius 2 is 1.22 bits per heavy atom. The van der Waals surface area contributed by atoms with Crippen molar-refractivity contribution in [1.82, 2.24) is 58.5 Å². The largest absolute Gasteiger partial charge is 0.508 e. The van der Waals surface area contributed by atoms with Gasteiger partial charge in [0.05, 0.1) is 24.1 Å². The number of carbonyl (C=O) groups is 9. The van der Waals surface area contributed by atoms with Crippen LogP contribution in [-0.4, -0.2) is 213 Å². The number of imide groups is 1. The van der Waals surface area contributed by atoms with Gasteiger partial charge in [-0.25, -0.2) is 0 Å². The molecule has 9 amide bonds. The summed E-state index contributed by atoms with van der Waals surface area (Å²) in [6.07, 6.45) is -10.7. The molecule has 0 spiro atoms. The van der Waals surface area contributed by atoms with Gasteiger partial charge in [0.25, 0.3) is 5.91 Å². The van der Waals surface area contributed by atoms with Gasteiger partial charge in [-0.15, -0.1) is 0 Å². The van der Waals surface area contributed by atoms with E-state index in [0.29, 0.717) is 38.0 Å². The molecule has 0 unspecified atom stereocenters. The van der Waals surface area contributed by atoms with E-state index in [-0.39, 0.29) is 116 Å². The summed E-state index contributed by atoms with van der Waals surface area (Å²) in [6.45, 7) is 10.3. The molecule has 0 aromatic heterocycles. The van der Waals surface area contributed by atoms with Crippen molar-refractivity contribution in [2.45, 2.75) is 171 Å². The van der Waals surface area contributed by atoms with Crippen LogP contribution in [0.5, 0.6) is 57.5 Å². The first-order valence-corrected chi connectivity index (χ1v) is 40.9. The second kappa shape index (κ2) is 38.0. The Morgan fingerprint density at radius 3 is 1.84 bits per heavy atom. The summed E-state index contributed by atoms with van der Waals surface area (Å²) in [6, 6.07) is 4.76. The molecule has 5 fully saturated rings. The molecule has 35 nitrogen and oxygen atoms in total. The van der Waals surface area contributed by atoms with Gasteiger partial charge in [-0.2, -0.15) is 0 Å². The third-order valence-electron chi connectivity index (χ3n) is 23.2. The number of aryl methyl sites for hydroxylation is 1. The van der Waals surface area contributed by atoms with E-state index in [9.17, 15) is 60.3 Å². The summed E-state index contributed by atoms with van der Waals surface area (Å²) in [4.78, 5) is 139. The maximum Gasteiger partial charge on any atom is 0.258 e. The highest BCUT2D eigenvalue weighted by Crippen LogP contribution is 2.55. The number of rotatable bonds is 23. The van der Waals surface area contributed by atoms with Gasteiger partial charge in [0.1, 0.15) is 126 Å². The Morgan fingerprint density at radius 1 is 0.612 bits per heavy atom. The predicted molar refractivity (Wildman–Crippen MR) is 432 cm³/mol. The molecule has 36 heteroatoms. The quantitative estimate of drug-likeness (QED) is 0.0410. The maximum absolute atomic E-state index is 16.6. The number of amides is 9. The fraction of sp³-hybridized carbons (Fsp3) is 0.471. The molecule has 121 heavy (non-hydrogen) atoms. The SMILES string of the molecule is CCNCCOc1cc(OCCNCC)cc(C(=O)NC(=O)C[C@@H]2NC(=O)[C@H](NC(=O)[C@@H](CC(C)C)NC)[C@H](O)c3ccc(c(C)c3)Oc3cc4cc(c3O[C@@H]3O[C@H](CO)[C@@H](O)[C@H](O)[C@H]3O)Oc3ccc(cc3Cl)[C@@H](O)[C@@H]3NC(=O)[C@H](NC(=O)[C@@H]4NC2=O)c2ccc(O)c(c2)-c2c(O)cc(O)cc2[C@@H](C(=O)NC2C4CC5CC(C4)CC2C5)NC3=O)c1. The Bertz CT molecular complexity index is 4860. The minimum Gasteiger partial charge on any atom is -0.508 e. The lowest BCUT2D eigenvalue weighted by molar-refractivity contribution is -0.277. The van der Waals surface area contributed by atoms with Crippen molar-refractivity contribution in [2.75, 3.05) is 53.0 Å². The Labute approximate surface area is 700 Å². The molecule has 14 atom stereocenters. The monoisotopic (exact) mass is 1700 g/mol. The second-order valence-corrected chi connectivity index (χ2v) is 32.6.